The maximum Gasteiger partial charge on any atom is 0.127 e. The Morgan fingerprint density at radius 2 is 2.21 bits per heavy atom. The first kappa shape index (κ1) is 11.1. The first-order chi connectivity index (χ1) is 6.63. The van der Waals surface area contributed by atoms with Gasteiger partial charge in [0.25, 0.3) is 0 Å². The molecule has 2 N–H and O–H groups in total. The zero-order valence-corrected chi connectivity index (χ0v) is 8.55. The molecule has 0 aliphatic rings. The molecular formula is C11H16FNO. The van der Waals surface area contributed by atoms with E-state index in [0.29, 0.717) is 12.1 Å². The molecule has 0 fully saturated rings. The van der Waals surface area contributed by atoms with Gasteiger partial charge in [-0.05, 0) is 19.9 Å². The Hall–Kier alpha value is -0.930. The number of aryl methyl sites for hydroxylation is 1. The van der Waals surface area contributed by atoms with Crippen LogP contribution in [0.4, 0.5) is 4.39 Å². The summed E-state index contributed by atoms with van der Waals surface area (Å²) in [6, 6.07) is 5.02. The predicted octanol–water partition coefficient (Wildman–Crippen LogP) is 1.60. The number of halogens is 1. The van der Waals surface area contributed by atoms with Crippen LogP contribution in [0, 0.1) is 12.7 Å². The van der Waals surface area contributed by atoms with Gasteiger partial charge in [0.1, 0.15) is 5.82 Å². The fraction of sp³-hybridized carbons (Fsp3) is 0.455. The van der Waals surface area contributed by atoms with Crippen molar-refractivity contribution in [3.63, 3.8) is 0 Å². The average molecular weight is 197 g/mol. The van der Waals surface area contributed by atoms with Crippen LogP contribution >= 0.6 is 0 Å². The molecule has 0 amide bonds. The fourth-order valence-electron chi connectivity index (χ4n) is 1.19. The molecule has 1 aromatic rings. The Labute approximate surface area is 83.8 Å². The topological polar surface area (TPSA) is 32.3 Å². The number of aliphatic hydroxyl groups is 1. The molecule has 0 aliphatic carbocycles. The first-order valence-corrected chi connectivity index (χ1v) is 4.72. The third-order valence-electron chi connectivity index (χ3n) is 2.12. The molecule has 1 aromatic carbocycles. The molecule has 1 atom stereocenters. The molecule has 78 valence electrons. The highest BCUT2D eigenvalue weighted by atomic mass is 19.1. The lowest BCUT2D eigenvalue weighted by atomic mass is 10.1. The molecule has 0 radical (unpaired) electrons. The molecule has 0 bridgehead atoms. The summed E-state index contributed by atoms with van der Waals surface area (Å²) in [5, 5.41) is 11.8. The largest absolute Gasteiger partial charge is 0.395 e. The van der Waals surface area contributed by atoms with Crippen molar-refractivity contribution in [3.8, 4) is 0 Å². The minimum Gasteiger partial charge on any atom is -0.395 e. The van der Waals surface area contributed by atoms with Gasteiger partial charge in [-0.2, -0.15) is 0 Å². The molecule has 1 rings (SSSR count). The van der Waals surface area contributed by atoms with Gasteiger partial charge < -0.3 is 10.4 Å². The minimum atomic E-state index is -0.201. The average Bonchev–Trinajstić information content (AvgIpc) is 2.19. The number of benzene rings is 1. The van der Waals surface area contributed by atoms with Crippen LogP contribution in [0.1, 0.15) is 18.1 Å². The molecule has 3 heteroatoms. The lowest BCUT2D eigenvalue weighted by Gasteiger charge is -2.11. The van der Waals surface area contributed by atoms with E-state index in [9.17, 15) is 4.39 Å². The SMILES string of the molecule is Cc1ccc(F)c(CN[C@@H](C)CO)c1. The number of nitrogens with one attached hydrogen (secondary N) is 1. The molecule has 0 aliphatic heterocycles. The monoisotopic (exact) mass is 197 g/mol. The van der Waals surface area contributed by atoms with Gasteiger partial charge >= 0.3 is 0 Å². The number of aliphatic hydroxyl groups excluding tert-OH is 1. The van der Waals surface area contributed by atoms with E-state index in [1.54, 1.807) is 6.07 Å². The van der Waals surface area contributed by atoms with Crippen LogP contribution in [-0.4, -0.2) is 17.8 Å². The van der Waals surface area contributed by atoms with Gasteiger partial charge in [-0.3, -0.25) is 0 Å². The van der Waals surface area contributed by atoms with Gasteiger partial charge in [0.05, 0.1) is 6.61 Å². The number of hydrogen-bond donors (Lipinski definition) is 2. The van der Waals surface area contributed by atoms with E-state index in [4.69, 9.17) is 5.11 Å². The van der Waals surface area contributed by atoms with E-state index in [-0.39, 0.29) is 18.5 Å². The maximum absolute atomic E-state index is 13.2. The van der Waals surface area contributed by atoms with Crippen molar-refractivity contribution in [1.82, 2.24) is 5.32 Å². The smallest absolute Gasteiger partial charge is 0.127 e. The lowest BCUT2D eigenvalue weighted by Crippen LogP contribution is -2.29. The van der Waals surface area contributed by atoms with Gasteiger partial charge in [0, 0.05) is 18.2 Å². The van der Waals surface area contributed by atoms with Crippen LogP contribution in [0.5, 0.6) is 0 Å². The van der Waals surface area contributed by atoms with Crippen molar-refractivity contribution < 1.29 is 9.50 Å². The van der Waals surface area contributed by atoms with E-state index in [2.05, 4.69) is 5.32 Å². The Morgan fingerprint density at radius 3 is 2.86 bits per heavy atom. The minimum absolute atomic E-state index is 0.00471. The van der Waals surface area contributed by atoms with Crippen molar-refractivity contribution in [1.29, 1.82) is 0 Å². The second kappa shape index (κ2) is 5.08. The molecule has 0 heterocycles. The van der Waals surface area contributed by atoms with Crippen molar-refractivity contribution in [2.45, 2.75) is 26.4 Å². The van der Waals surface area contributed by atoms with Crippen molar-refractivity contribution in [2.24, 2.45) is 0 Å². The third kappa shape index (κ3) is 3.09. The summed E-state index contributed by atoms with van der Waals surface area (Å²) in [5.41, 5.74) is 1.69. The van der Waals surface area contributed by atoms with Crippen LogP contribution in [0.2, 0.25) is 0 Å². The number of rotatable bonds is 4. The van der Waals surface area contributed by atoms with Gasteiger partial charge in [0.2, 0.25) is 0 Å². The summed E-state index contributed by atoms with van der Waals surface area (Å²) in [4.78, 5) is 0. The van der Waals surface area contributed by atoms with Crippen molar-refractivity contribution >= 4 is 0 Å². The maximum atomic E-state index is 13.2. The first-order valence-electron chi connectivity index (χ1n) is 4.72. The quantitative estimate of drug-likeness (QED) is 0.768. The van der Waals surface area contributed by atoms with E-state index < -0.39 is 0 Å². The molecule has 0 saturated heterocycles. The molecule has 0 spiro atoms. The number of hydrogen-bond acceptors (Lipinski definition) is 2. The Kier molecular flexibility index (Phi) is 4.04. The van der Waals surface area contributed by atoms with Crippen LogP contribution in [0.3, 0.4) is 0 Å². The molecule has 0 saturated carbocycles. The van der Waals surface area contributed by atoms with E-state index >= 15 is 0 Å². The molecule has 14 heavy (non-hydrogen) atoms. The second-order valence-corrected chi connectivity index (χ2v) is 3.56. The van der Waals surface area contributed by atoms with E-state index in [1.807, 2.05) is 19.9 Å². The van der Waals surface area contributed by atoms with Gasteiger partial charge in [0.15, 0.2) is 0 Å². The summed E-state index contributed by atoms with van der Waals surface area (Å²) in [7, 11) is 0. The van der Waals surface area contributed by atoms with E-state index in [1.165, 1.54) is 6.07 Å². The summed E-state index contributed by atoms with van der Waals surface area (Å²) in [6.07, 6.45) is 0. The lowest BCUT2D eigenvalue weighted by molar-refractivity contribution is 0.250. The highest BCUT2D eigenvalue weighted by Gasteiger charge is 2.04. The van der Waals surface area contributed by atoms with Crippen LogP contribution in [0.15, 0.2) is 18.2 Å². The predicted molar refractivity (Wildman–Crippen MR) is 54.5 cm³/mol. The highest BCUT2D eigenvalue weighted by Crippen LogP contribution is 2.09. The van der Waals surface area contributed by atoms with Crippen LogP contribution < -0.4 is 5.32 Å². The molecule has 0 aromatic heterocycles. The second-order valence-electron chi connectivity index (χ2n) is 3.56. The Bertz CT molecular complexity index is 301. The summed E-state index contributed by atoms with van der Waals surface area (Å²) < 4.78 is 13.2. The summed E-state index contributed by atoms with van der Waals surface area (Å²) in [5.74, 6) is -0.201. The molecular weight excluding hydrogens is 181 g/mol. The highest BCUT2D eigenvalue weighted by molar-refractivity contribution is 5.23. The van der Waals surface area contributed by atoms with E-state index in [0.717, 1.165) is 5.56 Å². The third-order valence-corrected chi connectivity index (χ3v) is 2.12. The molecule has 2 nitrogen and oxygen atoms in total. The van der Waals surface area contributed by atoms with Crippen molar-refractivity contribution in [3.05, 3.63) is 35.1 Å². The normalized spacial score (nSPS) is 12.9. The summed E-state index contributed by atoms with van der Waals surface area (Å²) in [6.45, 7) is 4.30. The van der Waals surface area contributed by atoms with Crippen LogP contribution in [-0.2, 0) is 6.54 Å². The fourth-order valence-corrected chi connectivity index (χ4v) is 1.19. The molecule has 0 unspecified atom stereocenters. The van der Waals surface area contributed by atoms with Gasteiger partial charge in [-0.15, -0.1) is 0 Å². The Balaban J connectivity index is 2.62. The van der Waals surface area contributed by atoms with Gasteiger partial charge in [-0.25, -0.2) is 4.39 Å². The van der Waals surface area contributed by atoms with Gasteiger partial charge in [-0.1, -0.05) is 17.7 Å². The summed E-state index contributed by atoms with van der Waals surface area (Å²) >= 11 is 0. The standard InChI is InChI=1S/C11H16FNO/c1-8-3-4-11(12)10(5-8)6-13-9(2)7-14/h3-5,9,13-14H,6-7H2,1-2H3/t9-/m0/s1. The van der Waals surface area contributed by atoms with Crippen molar-refractivity contribution in [2.75, 3.05) is 6.61 Å². The zero-order chi connectivity index (χ0) is 10.6. The van der Waals surface area contributed by atoms with Crippen LogP contribution in [0.25, 0.3) is 0 Å². The zero-order valence-electron chi connectivity index (χ0n) is 8.55. The Morgan fingerprint density at radius 1 is 1.50 bits per heavy atom.